The average Bonchev–Trinajstić information content (AvgIpc) is 3.02. The van der Waals surface area contributed by atoms with Gasteiger partial charge >= 0.3 is 5.97 Å². The van der Waals surface area contributed by atoms with Gasteiger partial charge in [0.2, 0.25) is 0 Å². The van der Waals surface area contributed by atoms with Gasteiger partial charge in [0.15, 0.2) is 0 Å². The highest BCUT2D eigenvalue weighted by molar-refractivity contribution is 7.18. The van der Waals surface area contributed by atoms with Gasteiger partial charge in [-0.15, -0.1) is 11.3 Å². The number of nitrogens with zero attached hydrogens (tertiary/aromatic N) is 2. The number of aromatic nitrogens is 3. The Kier molecular flexibility index (Phi) is 4.18. The van der Waals surface area contributed by atoms with Crippen LogP contribution in [0.4, 0.5) is 0 Å². The van der Waals surface area contributed by atoms with Gasteiger partial charge in [-0.3, -0.25) is 9.59 Å². The Bertz CT molecular complexity index is 1200. The number of benzene rings is 2. The van der Waals surface area contributed by atoms with E-state index in [1.54, 1.807) is 36.4 Å². The number of carboxylic acids is 1. The third-order valence-corrected chi connectivity index (χ3v) is 5.42. The molecule has 0 fully saturated rings. The van der Waals surface area contributed by atoms with Crippen LogP contribution in [-0.4, -0.2) is 26.3 Å². The number of fused-ring (bicyclic) bond motifs is 2. The lowest BCUT2D eigenvalue weighted by Gasteiger charge is -2.12. The van der Waals surface area contributed by atoms with Crippen molar-refractivity contribution in [2.45, 2.75) is 12.3 Å². The molecule has 0 saturated carbocycles. The molecule has 4 rings (SSSR count). The second-order valence-corrected chi connectivity index (χ2v) is 7.35. The maximum Gasteiger partial charge on any atom is 0.313 e. The zero-order valence-electron chi connectivity index (χ0n) is 13.3. The van der Waals surface area contributed by atoms with E-state index < -0.39 is 11.9 Å². The van der Waals surface area contributed by atoms with Crippen LogP contribution < -0.4 is 5.56 Å². The summed E-state index contributed by atoms with van der Waals surface area (Å²) in [5.41, 5.74) is 0.717. The summed E-state index contributed by atoms with van der Waals surface area (Å²) in [6.07, 6.45) is 0.176. The molecular weight excluding hydrogens is 374 g/mol. The Morgan fingerprint density at radius 2 is 2.00 bits per heavy atom. The van der Waals surface area contributed by atoms with Crippen LogP contribution in [0.5, 0.6) is 0 Å². The molecule has 0 aliphatic carbocycles. The summed E-state index contributed by atoms with van der Waals surface area (Å²) in [5.74, 6) is -1.94. The number of hydrogen-bond donors (Lipinski definition) is 2. The standard InChI is InChI=1S/C18H12ClN3O3S/c19-9-5-6-14-13(7-9)20-15(26-14)8-12(18(24)25)16-10-3-1-2-4-11(10)17(23)22-21-16/h1-7,12H,8H2,(H,22,23)(H,24,25). The first-order valence-electron chi connectivity index (χ1n) is 7.78. The van der Waals surface area contributed by atoms with Gasteiger partial charge in [0.05, 0.1) is 26.3 Å². The van der Waals surface area contributed by atoms with E-state index in [-0.39, 0.29) is 12.0 Å². The minimum atomic E-state index is -1.02. The van der Waals surface area contributed by atoms with E-state index in [1.165, 1.54) is 11.3 Å². The molecule has 1 unspecified atom stereocenters. The quantitative estimate of drug-likeness (QED) is 0.559. The molecule has 1 atom stereocenters. The number of carboxylic acid groups (broad SMARTS) is 1. The minimum Gasteiger partial charge on any atom is -0.481 e. The highest BCUT2D eigenvalue weighted by Crippen LogP contribution is 2.30. The fourth-order valence-electron chi connectivity index (χ4n) is 2.91. The predicted molar refractivity (Wildman–Crippen MR) is 101 cm³/mol. The minimum absolute atomic E-state index is 0.176. The lowest BCUT2D eigenvalue weighted by molar-refractivity contribution is -0.138. The molecule has 0 saturated heterocycles. The van der Waals surface area contributed by atoms with Crippen molar-refractivity contribution in [2.24, 2.45) is 0 Å². The second-order valence-electron chi connectivity index (χ2n) is 5.80. The van der Waals surface area contributed by atoms with Crippen LogP contribution in [0.25, 0.3) is 21.0 Å². The first-order valence-corrected chi connectivity index (χ1v) is 8.97. The van der Waals surface area contributed by atoms with Crippen molar-refractivity contribution in [1.29, 1.82) is 0 Å². The summed E-state index contributed by atoms with van der Waals surface area (Å²) >= 11 is 7.41. The van der Waals surface area contributed by atoms with Crippen molar-refractivity contribution in [2.75, 3.05) is 0 Å². The van der Waals surface area contributed by atoms with Crippen molar-refractivity contribution < 1.29 is 9.90 Å². The van der Waals surface area contributed by atoms with E-state index >= 15 is 0 Å². The van der Waals surface area contributed by atoms with E-state index in [4.69, 9.17) is 11.6 Å². The molecule has 130 valence electrons. The van der Waals surface area contributed by atoms with E-state index in [2.05, 4.69) is 15.2 Å². The average molecular weight is 386 g/mol. The van der Waals surface area contributed by atoms with Crippen molar-refractivity contribution >= 4 is 49.9 Å². The third-order valence-electron chi connectivity index (χ3n) is 4.13. The Labute approximate surface area is 156 Å². The number of nitrogens with one attached hydrogen (secondary N) is 1. The maximum atomic E-state index is 11.9. The number of aliphatic carboxylic acids is 1. The van der Waals surface area contributed by atoms with Gasteiger partial charge in [0.1, 0.15) is 5.92 Å². The molecule has 2 heterocycles. The number of carbonyl (C=O) groups is 1. The lowest BCUT2D eigenvalue weighted by Crippen LogP contribution is -2.20. The molecule has 4 aromatic rings. The molecule has 26 heavy (non-hydrogen) atoms. The molecular formula is C18H12ClN3O3S. The van der Waals surface area contributed by atoms with Gasteiger partial charge in [0, 0.05) is 16.8 Å². The largest absolute Gasteiger partial charge is 0.481 e. The van der Waals surface area contributed by atoms with E-state index in [1.807, 2.05) is 6.07 Å². The summed E-state index contributed by atoms with van der Waals surface area (Å²) in [5, 5.41) is 18.4. The monoisotopic (exact) mass is 385 g/mol. The number of hydrogen-bond acceptors (Lipinski definition) is 5. The number of thiazole rings is 1. The Hall–Kier alpha value is -2.77. The summed E-state index contributed by atoms with van der Waals surface area (Å²) in [4.78, 5) is 28.4. The normalized spacial score (nSPS) is 12.5. The molecule has 6 nitrogen and oxygen atoms in total. The number of H-pyrrole nitrogens is 1. The summed E-state index contributed by atoms with van der Waals surface area (Å²) in [6.45, 7) is 0. The van der Waals surface area contributed by atoms with Gasteiger partial charge in [-0.2, -0.15) is 5.10 Å². The highest BCUT2D eigenvalue weighted by atomic mass is 35.5. The fraction of sp³-hybridized carbons (Fsp3) is 0.111. The molecule has 0 radical (unpaired) electrons. The molecule has 2 N–H and O–H groups in total. The Morgan fingerprint density at radius 1 is 1.23 bits per heavy atom. The highest BCUT2D eigenvalue weighted by Gasteiger charge is 2.26. The first kappa shape index (κ1) is 16.7. The molecule has 0 aliphatic heterocycles. The smallest absolute Gasteiger partial charge is 0.313 e. The van der Waals surface area contributed by atoms with Crippen LogP contribution >= 0.6 is 22.9 Å². The van der Waals surface area contributed by atoms with Crippen LogP contribution in [0.2, 0.25) is 5.02 Å². The zero-order chi connectivity index (χ0) is 18.3. The molecule has 8 heteroatoms. The molecule has 0 spiro atoms. The van der Waals surface area contributed by atoms with E-state index in [0.29, 0.717) is 26.5 Å². The molecule has 0 amide bonds. The van der Waals surface area contributed by atoms with Gasteiger partial charge in [-0.05, 0) is 24.3 Å². The Balaban J connectivity index is 1.80. The fourth-order valence-corrected chi connectivity index (χ4v) is 4.07. The van der Waals surface area contributed by atoms with Crippen molar-refractivity contribution in [3.63, 3.8) is 0 Å². The van der Waals surface area contributed by atoms with Crippen LogP contribution in [-0.2, 0) is 11.2 Å². The van der Waals surface area contributed by atoms with Gasteiger partial charge in [0.25, 0.3) is 5.56 Å². The molecule has 0 bridgehead atoms. The number of aromatic amines is 1. The van der Waals surface area contributed by atoms with E-state index in [0.717, 1.165) is 10.2 Å². The van der Waals surface area contributed by atoms with Crippen molar-refractivity contribution in [3.8, 4) is 0 Å². The van der Waals surface area contributed by atoms with Gasteiger partial charge < -0.3 is 5.11 Å². The number of rotatable bonds is 4. The van der Waals surface area contributed by atoms with E-state index in [9.17, 15) is 14.7 Å². The predicted octanol–water partition coefficient (Wildman–Crippen LogP) is 3.60. The molecule has 0 aliphatic rings. The Morgan fingerprint density at radius 3 is 2.77 bits per heavy atom. The molecule has 2 aromatic heterocycles. The lowest BCUT2D eigenvalue weighted by atomic mass is 9.97. The maximum absolute atomic E-state index is 11.9. The third kappa shape index (κ3) is 2.95. The van der Waals surface area contributed by atoms with Gasteiger partial charge in [-0.1, -0.05) is 29.8 Å². The van der Waals surface area contributed by atoms with Crippen LogP contribution in [0.3, 0.4) is 0 Å². The van der Waals surface area contributed by atoms with Crippen LogP contribution in [0, 0.1) is 0 Å². The zero-order valence-corrected chi connectivity index (χ0v) is 14.8. The molecule has 2 aromatic carbocycles. The number of halogens is 1. The van der Waals surface area contributed by atoms with Crippen molar-refractivity contribution in [1.82, 2.24) is 15.2 Å². The SMILES string of the molecule is O=C(O)C(Cc1nc2cc(Cl)ccc2s1)c1n[nH]c(=O)c2ccccc12. The summed E-state index contributed by atoms with van der Waals surface area (Å²) < 4.78 is 0.938. The first-order chi connectivity index (χ1) is 12.5. The second kappa shape index (κ2) is 6.51. The van der Waals surface area contributed by atoms with Crippen molar-refractivity contribution in [3.05, 3.63) is 68.5 Å². The van der Waals surface area contributed by atoms with Gasteiger partial charge in [-0.25, -0.2) is 10.1 Å². The van der Waals surface area contributed by atoms with Crippen LogP contribution in [0.1, 0.15) is 16.6 Å². The van der Waals surface area contributed by atoms with Crippen LogP contribution in [0.15, 0.2) is 47.3 Å². The topological polar surface area (TPSA) is 95.9 Å². The summed E-state index contributed by atoms with van der Waals surface area (Å²) in [7, 11) is 0. The summed E-state index contributed by atoms with van der Waals surface area (Å²) in [6, 6.07) is 12.2.